The van der Waals surface area contributed by atoms with Gasteiger partial charge in [-0.15, -0.1) is 11.3 Å². The van der Waals surface area contributed by atoms with Crippen molar-refractivity contribution in [3.8, 4) is 0 Å². The van der Waals surface area contributed by atoms with Crippen LogP contribution in [0.2, 0.25) is 0 Å². The van der Waals surface area contributed by atoms with E-state index in [1.807, 2.05) is 41.7 Å². The predicted octanol–water partition coefficient (Wildman–Crippen LogP) is 5.82. The van der Waals surface area contributed by atoms with Crippen molar-refractivity contribution in [2.45, 2.75) is 39.3 Å². The smallest absolute Gasteiger partial charge is 0.254 e. The Morgan fingerprint density at radius 3 is 2.42 bits per heavy atom. The molecule has 0 unspecified atom stereocenters. The van der Waals surface area contributed by atoms with Crippen LogP contribution in [0.4, 0.5) is 0 Å². The molecule has 0 bridgehead atoms. The number of hydrogen-bond acceptors (Lipinski definition) is 3. The number of carbonyl (C=O) groups excluding carboxylic acids is 1. The van der Waals surface area contributed by atoms with Crippen LogP contribution in [-0.4, -0.2) is 41.4 Å². The van der Waals surface area contributed by atoms with Gasteiger partial charge in [0.2, 0.25) is 0 Å². The first kappa shape index (κ1) is 21.8. The summed E-state index contributed by atoms with van der Waals surface area (Å²) in [6, 6.07) is 23.2. The zero-order valence-corrected chi connectivity index (χ0v) is 19.5. The highest BCUT2D eigenvalue weighted by Crippen LogP contribution is 2.35. The van der Waals surface area contributed by atoms with Crippen molar-refractivity contribution in [1.82, 2.24) is 9.80 Å². The zero-order valence-electron chi connectivity index (χ0n) is 18.7. The fourth-order valence-corrected chi connectivity index (χ4v) is 5.36. The number of amides is 1. The second-order valence-electron chi connectivity index (χ2n) is 8.97. The van der Waals surface area contributed by atoms with E-state index in [9.17, 15) is 4.79 Å². The lowest BCUT2D eigenvalue weighted by Crippen LogP contribution is -2.42. The zero-order chi connectivity index (χ0) is 21.8. The number of benzene rings is 2. The average Bonchev–Trinajstić information content (AvgIpc) is 3.43. The van der Waals surface area contributed by atoms with Crippen molar-refractivity contribution in [3.05, 3.63) is 93.7 Å². The van der Waals surface area contributed by atoms with Crippen LogP contribution in [0.15, 0.2) is 72.1 Å². The fourth-order valence-electron chi connectivity index (χ4n) is 4.62. The number of likely N-dealkylation sites (tertiary alicyclic amines) is 1. The lowest BCUT2D eigenvalue weighted by atomic mass is 9.88. The van der Waals surface area contributed by atoms with Gasteiger partial charge in [0, 0.05) is 48.6 Å². The first-order chi connectivity index (χ1) is 15.0. The van der Waals surface area contributed by atoms with Gasteiger partial charge in [-0.2, -0.15) is 0 Å². The van der Waals surface area contributed by atoms with Crippen molar-refractivity contribution in [3.63, 3.8) is 0 Å². The number of carbonyl (C=O) groups is 1. The van der Waals surface area contributed by atoms with Crippen molar-refractivity contribution in [2.24, 2.45) is 5.92 Å². The van der Waals surface area contributed by atoms with E-state index in [2.05, 4.69) is 72.3 Å². The molecule has 2 aromatic carbocycles. The van der Waals surface area contributed by atoms with E-state index in [1.54, 1.807) is 0 Å². The molecular weight excluding hydrogens is 400 g/mol. The predicted molar refractivity (Wildman–Crippen MR) is 130 cm³/mol. The molecule has 0 saturated carbocycles. The molecule has 0 N–H and O–H groups in total. The number of rotatable bonds is 7. The molecule has 31 heavy (non-hydrogen) atoms. The Kier molecular flexibility index (Phi) is 6.89. The minimum absolute atomic E-state index is 0.134. The average molecular weight is 433 g/mol. The standard InChI is InChI=1S/C27H32N2OS/c1-20(2)29(27(30)23-8-5-4-6-9-23)17-24-16-28(18-25-10-7-15-31-25)19-26(24)22-13-11-21(3)12-14-22/h4-15,20,24,26H,16-19H2,1-3H3/t24-,26-/m1/s1. The summed E-state index contributed by atoms with van der Waals surface area (Å²) in [5.41, 5.74) is 3.45. The molecular formula is C27H32N2OS. The molecule has 3 aromatic rings. The Hall–Kier alpha value is -2.43. The van der Waals surface area contributed by atoms with Crippen LogP contribution in [0.1, 0.15) is 46.1 Å². The first-order valence-electron chi connectivity index (χ1n) is 11.2. The van der Waals surface area contributed by atoms with Crippen LogP contribution in [0, 0.1) is 12.8 Å². The summed E-state index contributed by atoms with van der Waals surface area (Å²) in [6.45, 7) is 10.2. The van der Waals surface area contributed by atoms with Gasteiger partial charge in [-0.3, -0.25) is 9.69 Å². The summed E-state index contributed by atoms with van der Waals surface area (Å²) in [4.78, 5) is 19.3. The molecule has 0 aliphatic carbocycles. The van der Waals surface area contributed by atoms with Crippen molar-refractivity contribution < 1.29 is 4.79 Å². The highest BCUT2D eigenvalue weighted by molar-refractivity contribution is 7.09. The number of thiophene rings is 1. The van der Waals surface area contributed by atoms with Crippen molar-refractivity contribution in [2.75, 3.05) is 19.6 Å². The van der Waals surface area contributed by atoms with E-state index in [1.165, 1.54) is 16.0 Å². The highest BCUT2D eigenvalue weighted by Gasteiger charge is 2.36. The number of hydrogen-bond donors (Lipinski definition) is 0. The quantitative estimate of drug-likeness (QED) is 0.469. The normalized spacial score (nSPS) is 19.1. The van der Waals surface area contributed by atoms with Crippen molar-refractivity contribution >= 4 is 17.2 Å². The summed E-state index contributed by atoms with van der Waals surface area (Å²) in [5.74, 6) is 0.984. The molecule has 2 atom stereocenters. The third-order valence-corrected chi connectivity index (χ3v) is 7.18. The Labute approximate surface area is 190 Å². The minimum atomic E-state index is 0.134. The van der Waals surface area contributed by atoms with Crippen LogP contribution >= 0.6 is 11.3 Å². The number of aryl methyl sites for hydroxylation is 1. The van der Waals surface area contributed by atoms with E-state index in [-0.39, 0.29) is 11.9 Å². The molecule has 162 valence electrons. The maximum Gasteiger partial charge on any atom is 0.254 e. The summed E-state index contributed by atoms with van der Waals surface area (Å²) < 4.78 is 0. The van der Waals surface area contributed by atoms with Gasteiger partial charge < -0.3 is 4.90 Å². The Morgan fingerprint density at radius 2 is 1.77 bits per heavy atom. The SMILES string of the molecule is Cc1ccc([C@H]2CN(Cc3cccs3)C[C@@H]2CN(C(=O)c2ccccc2)C(C)C)cc1. The van der Waals surface area contributed by atoms with Gasteiger partial charge in [-0.1, -0.05) is 54.1 Å². The van der Waals surface area contributed by atoms with Gasteiger partial charge in [-0.25, -0.2) is 0 Å². The second-order valence-corrected chi connectivity index (χ2v) is 10.0. The molecule has 2 heterocycles. The van der Waals surface area contributed by atoms with E-state index in [4.69, 9.17) is 0 Å². The summed E-state index contributed by atoms with van der Waals surface area (Å²) in [7, 11) is 0. The molecule has 1 fully saturated rings. The van der Waals surface area contributed by atoms with Crippen LogP contribution < -0.4 is 0 Å². The third-order valence-electron chi connectivity index (χ3n) is 6.32. The van der Waals surface area contributed by atoms with E-state index in [0.717, 1.165) is 31.7 Å². The van der Waals surface area contributed by atoms with Gasteiger partial charge in [0.25, 0.3) is 5.91 Å². The van der Waals surface area contributed by atoms with Crippen molar-refractivity contribution in [1.29, 1.82) is 0 Å². The maximum absolute atomic E-state index is 13.3. The van der Waals surface area contributed by atoms with E-state index in [0.29, 0.717) is 11.8 Å². The van der Waals surface area contributed by atoms with Gasteiger partial charge >= 0.3 is 0 Å². The maximum atomic E-state index is 13.3. The molecule has 0 radical (unpaired) electrons. The summed E-state index contributed by atoms with van der Waals surface area (Å²) in [5, 5.41) is 2.15. The molecule has 4 rings (SSSR count). The molecule has 0 spiro atoms. The Balaban J connectivity index is 1.57. The van der Waals surface area contributed by atoms with Gasteiger partial charge in [0.1, 0.15) is 0 Å². The Morgan fingerprint density at radius 1 is 1.03 bits per heavy atom. The molecule has 1 aliphatic rings. The molecule has 4 heteroatoms. The largest absolute Gasteiger partial charge is 0.336 e. The lowest BCUT2D eigenvalue weighted by molar-refractivity contribution is 0.0668. The van der Waals surface area contributed by atoms with Gasteiger partial charge in [0.15, 0.2) is 0 Å². The van der Waals surface area contributed by atoms with E-state index < -0.39 is 0 Å². The fraction of sp³-hybridized carbons (Fsp3) is 0.370. The third kappa shape index (κ3) is 5.25. The van der Waals surface area contributed by atoms with Crippen LogP contribution in [0.25, 0.3) is 0 Å². The molecule has 1 aromatic heterocycles. The summed E-state index contributed by atoms with van der Waals surface area (Å²) >= 11 is 1.82. The molecule has 1 saturated heterocycles. The monoisotopic (exact) mass is 432 g/mol. The highest BCUT2D eigenvalue weighted by atomic mass is 32.1. The van der Waals surface area contributed by atoms with Gasteiger partial charge in [0.05, 0.1) is 0 Å². The molecule has 1 aliphatic heterocycles. The minimum Gasteiger partial charge on any atom is -0.336 e. The lowest BCUT2D eigenvalue weighted by Gasteiger charge is -2.32. The Bertz CT molecular complexity index is 966. The van der Waals surface area contributed by atoms with Crippen LogP contribution in [0.3, 0.4) is 0 Å². The van der Waals surface area contributed by atoms with Gasteiger partial charge in [-0.05, 0) is 55.8 Å². The molecule has 3 nitrogen and oxygen atoms in total. The number of nitrogens with zero attached hydrogens (tertiary/aromatic N) is 2. The molecule has 1 amide bonds. The van der Waals surface area contributed by atoms with E-state index >= 15 is 0 Å². The second kappa shape index (κ2) is 9.80. The first-order valence-corrected chi connectivity index (χ1v) is 12.1. The summed E-state index contributed by atoms with van der Waals surface area (Å²) in [6.07, 6.45) is 0. The van der Waals surface area contributed by atoms with Crippen LogP contribution in [-0.2, 0) is 6.54 Å². The topological polar surface area (TPSA) is 23.6 Å². The van der Waals surface area contributed by atoms with Crippen LogP contribution in [0.5, 0.6) is 0 Å².